The zero-order valence-corrected chi connectivity index (χ0v) is 14.4. The first kappa shape index (κ1) is 18.2. The Kier molecular flexibility index (Phi) is 6.58. The van der Waals surface area contributed by atoms with Gasteiger partial charge < -0.3 is 10.2 Å². The van der Waals surface area contributed by atoms with Gasteiger partial charge in [0.05, 0.1) is 13.1 Å². The van der Waals surface area contributed by atoms with Gasteiger partial charge in [-0.3, -0.25) is 4.79 Å². The van der Waals surface area contributed by atoms with Gasteiger partial charge in [0.25, 0.3) is 5.91 Å². The lowest BCUT2D eigenvalue weighted by Crippen LogP contribution is -3.09. The van der Waals surface area contributed by atoms with E-state index >= 15 is 0 Å². The third-order valence-electron chi connectivity index (χ3n) is 4.19. The van der Waals surface area contributed by atoms with Crippen LogP contribution in [0.25, 0.3) is 0 Å². The van der Waals surface area contributed by atoms with E-state index < -0.39 is 5.54 Å². The van der Waals surface area contributed by atoms with E-state index in [2.05, 4.69) is 42.6 Å². The molecule has 0 aliphatic rings. The molecule has 1 amide bonds. The minimum atomic E-state index is -0.805. The Bertz CT molecular complexity index is 530. The van der Waals surface area contributed by atoms with Gasteiger partial charge in [0.15, 0.2) is 6.54 Å². The van der Waals surface area contributed by atoms with Crippen molar-refractivity contribution in [1.29, 1.82) is 5.26 Å². The predicted molar refractivity (Wildman–Crippen MR) is 88.3 cm³/mol. The van der Waals surface area contributed by atoms with Gasteiger partial charge in [0.1, 0.15) is 12.1 Å². The normalized spacial score (nSPS) is 15.0. The summed E-state index contributed by atoms with van der Waals surface area (Å²) in [5.74, 6) is -0.0104. The Balaban J connectivity index is 2.55. The quantitative estimate of drug-likeness (QED) is 0.798. The SMILES string of the molecule is CCc1ccc(C[NH+](C)CC(=O)N[C@@](C)(C#N)C(C)C)cc1. The number of likely N-dealkylation sites (N-methyl/N-ethyl adjacent to an activating group) is 1. The average molecular weight is 302 g/mol. The number of nitriles is 1. The predicted octanol–water partition coefficient (Wildman–Crippen LogP) is 1.32. The van der Waals surface area contributed by atoms with Gasteiger partial charge >= 0.3 is 0 Å². The molecule has 0 radical (unpaired) electrons. The van der Waals surface area contributed by atoms with Crippen LogP contribution in [0.3, 0.4) is 0 Å². The van der Waals surface area contributed by atoms with Crippen LogP contribution in [0.2, 0.25) is 0 Å². The molecule has 0 bridgehead atoms. The lowest BCUT2D eigenvalue weighted by atomic mass is 9.90. The van der Waals surface area contributed by atoms with E-state index in [1.165, 1.54) is 11.1 Å². The zero-order chi connectivity index (χ0) is 16.8. The van der Waals surface area contributed by atoms with Crippen molar-refractivity contribution in [2.45, 2.75) is 46.2 Å². The molecule has 2 N–H and O–H groups in total. The van der Waals surface area contributed by atoms with Crippen LogP contribution < -0.4 is 10.2 Å². The molecule has 4 heteroatoms. The first-order valence-corrected chi connectivity index (χ1v) is 7.92. The fourth-order valence-electron chi connectivity index (χ4n) is 2.21. The monoisotopic (exact) mass is 302 g/mol. The topological polar surface area (TPSA) is 57.3 Å². The van der Waals surface area contributed by atoms with E-state index in [9.17, 15) is 10.1 Å². The molecule has 1 aromatic carbocycles. The van der Waals surface area contributed by atoms with Crippen molar-refractivity contribution in [2.75, 3.05) is 13.6 Å². The Hall–Kier alpha value is -1.86. The van der Waals surface area contributed by atoms with Crippen LogP contribution in [-0.2, 0) is 17.8 Å². The molecule has 22 heavy (non-hydrogen) atoms. The first-order chi connectivity index (χ1) is 10.3. The highest BCUT2D eigenvalue weighted by molar-refractivity contribution is 5.78. The van der Waals surface area contributed by atoms with Gasteiger partial charge in [0, 0.05) is 5.56 Å². The molecule has 1 unspecified atom stereocenters. The highest BCUT2D eigenvalue weighted by Gasteiger charge is 2.30. The average Bonchev–Trinajstić information content (AvgIpc) is 2.47. The lowest BCUT2D eigenvalue weighted by Gasteiger charge is -2.27. The summed E-state index contributed by atoms with van der Waals surface area (Å²) in [6, 6.07) is 10.7. The second-order valence-corrected chi connectivity index (χ2v) is 6.50. The molecule has 1 aromatic rings. The van der Waals surface area contributed by atoms with Crippen LogP contribution in [-0.4, -0.2) is 25.0 Å². The van der Waals surface area contributed by atoms with Crippen molar-refractivity contribution in [3.8, 4) is 6.07 Å². The zero-order valence-electron chi connectivity index (χ0n) is 14.4. The van der Waals surface area contributed by atoms with Crippen molar-refractivity contribution in [1.82, 2.24) is 5.32 Å². The summed E-state index contributed by atoms with van der Waals surface area (Å²) < 4.78 is 0. The molecular formula is C18H28N3O+. The molecule has 4 nitrogen and oxygen atoms in total. The van der Waals surface area contributed by atoms with Gasteiger partial charge in [-0.15, -0.1) is 0 Å². The Labute approximate surface area is 134 Å². The number of hydrogen-bond donors (Lipinski definition) is 2. The van der Waals surface area contributed by atoms with E-state index in [-0.39, 0.29) is 11.8 Å². The highest BCUT2D eigenvalue weighted by atomic mass is 16.2. The van der Waals surface area contributed by atoms with Crippen molar-refractivity contribution in [3.05, 3.63) is 35.4 Å². The fourth-order valence-corrected chi connectivity index (χ4v) is 2.21. The molecule has 0 aliphatic heterocycles. The van der Waals surface area contributed by atoms with Crippen molar-refractivity contribution in [3.63, 3.8) is 0 Å². The number of hydrogen-bond acceptors (Lipinski definition) is 2. The summed E-state index contributed by atoms with van der Waals surface area (Å²) in [5.41, 5.74) is 1.73. The first-order valence-electron chi connectivity index (χ1n) is 7.92. The van der Waals surface area contributed by atoms with Crippen LogP contribution in [0.15, 0.2) is 24.3 Å². The third-order valence-corrected chi connectivity index (χ3v) is 4.19. The number of amides is 1. The van der Waals surface area contributed by atoms with E-state index in [0.717, 1.165) is 17.9 Å². The van der Waals surface area contributed by atoms with Gasteiger partial charge in [-0.1, -0.05) is 45.0 Å². The van der Waals surface area contributed by atoms with E-state index in [0.29, 0.717) is 6.54 Å². The standard InChI is InChI=1S/C18H27N3O/c1-6-15-7-9-16(10-8-15)11-21(5)12-17(22)20-18(4,13-19)14(2)3/h7-10,14H,6,11-12H2,1-5H3,(H,20,22)/p+1/t18-/m0/s1. The number of rotatable bonds is 7. The number of benzene rings is 1. The van der Waals surface area contributed by atoms with E-state index in [4.69, 9.17) is 0 Å². The Morgan fingerprint density at radius 1 is 1.32 bits per heavy atom. The maximum Gasteiger partial charge on any atom is 0.276 e. The summed E-state index contributed by atoms with van der Waals surface area (Å²) in [6.07, 6.45) is 1.04. The summed E-state index contributed by atoms with van der Waals surface area (Å²) in [6.45, 7) is 8.94. The maximum atomic E-state index is 12.1. The molecule has 120 valence electrons. The molecule has 1 rings (SSSR count). The van der Waals surface area contributed by atoms with Gasteiger partial charge in [-0.2, -0.15) is 5.26 Å². The molecule has 0 fully saturated rings. The van der Waals surface area contributed by atoms with E-state index in [1.54, 1.807) is 6.92 Å². The Morgan fingerprint density at radius 3 is 2.32 bits per heavy atom. The van der Waals surface area contributed by atoms with Crippen LogP contribution >= 0.6 is 0 Å². The summed E-state index contributed by atoms with van der Waals surface area (Å²) >= 11 is 0. The largest absolute Gasteiger partial charge is 0.333 e. The molecule has 2 atom stereocenters. The number of carbonyl (C=O) groups excluding carboxylic acids is 1. The number of aryl methyl sites for hydroxylation is 1. The second-order valence-electron chi connectivity index (χ2n) is 6.50. The molecule has 0 saturated carbocycles. The minimum absolute atomic E-state index is 0.0725. The van der Waals surface area contributed by atoms with Crippen LogP contribution in [0.1, 0.15) is 38.8 Å². The molecule has 0 aliphatic carbocycles. The van der Waals surface area contributed by atoms with Crippen molar-refractivity contribution >= 4 is 5.91 Å². The van der Waals surface area contributed by atoms with Crippen LogP contribution in [0, 0.1) is 17.2 Å². The van der Waals surface area contributed by atoms with Crippen molar-refractivity contribution < 1.29 is 9.69 Å². The summed E-state index contributed by atoms with van der Waals surface area (Å²) in [5, 5.41) is 12.1. The van der Waals surface area contributed by atoms with Gasteiger partial charge in [-0.05, 0) is 24.8 Å². The van der Waals surface area contributed by atoms with Gasteiger partial charge in [0.2, 0.25) is 0 Å². The second kappa shape index (κ2) is 7.95. The van der Waals surface area contributed by atoms with Crippen LogP contribution in [0.4, 0.5) is 0 Å². The molecule has 0 heterocycles. The summed E-state index contributed by atoms with van der Waals surface area (Å²) in [7, 11) is 1.99. The number of nitrogens with one attached hydrogen (secondary N) is 2. The maximum absolute atomic E-state index is 12.1. The smallest absolute Gasteiger partial charge is 0.276 e. The lowest BCUT2D eigenvalue weighted by molar-refractivity contribution is -0.885. The third kappa shape index (κ3) is 5.16. The highest BCUT2D eigenvalue weighted by Crippen LogP contribution is 2.14. The number of nitrogens with zero attached hydrogens (tertiary/aromatic N) is 1. The summed E-state index contributed by atoms with van der Waals surface area (Å²) in [4.78, 5) is 13.2. The molecule has 0 spiro atoms. The van der Waals surface area contributed by atoms with Gasteiger partial charge in [-0.25, -0.2) is 0 Å². The molecule has 0 saturated heterocycles. The number of quaternary nitrogens is 1. The fraction of sp³-hybridized carbons (Fsp3) is 0.556. The van der Waals surface area contributed by atoms with Crippen LogP contribution in [0.5, 0.6) is 0 Å². The van der Waals surface area contributed by atoms with E-state index in [1.807, 2.05) is 20.9 Å². The Morgan fingerprint density at radius 2 is 1.86 bits per heavy atom. The molecular weight excluding hydrogens is 274 g/mol. The number of carbonyl (C=O) groups is 1. The van der Waals surface area contributed by atoms with Crippen molar-refractivity contribution in [2.24, 2.45) is 5.92 Å². The molecule has 0 aromatic heterocycles. The minimum Gasteiger partial charge on any atom is -0.333 e.